The fraction of sp³-hybridized carbons (Fsp3) is 0.200. The number of hydrogen-bond donors (Lipinski definition) is 3. The number of H-pyrrole nitrogens is 1. The second-order valence-electron chi connectivity index (χ2n) is 6.39. The summed E-state index contributed by atoms with van der Waals surface area (Å²) >= 11 is 6.06. The van der Waals surface area contributed by atoms with E-state index in [0.29, 0.717) is 16.3 Å². The summed E-state index contributed by atoms with van der Waals surface area (Å²) in [6.45, 7) is 2.00. The second-order valence-corrected chi connectivity index (χ2v) is 6.79. The first-order valence-electron chi connectivity index (χ1n) is 8.44. The van der Waals surface area contributed by atoms with Crippen LogP contribution in [-0.2, 0) is 4.79 Å². The topological polar surface area (TPSA) is 66.4 Å². The average Bonchev–Trinajstić information content (AvgIpc) is 3.06. The predicted molar refractivity (Wildman–Crippen MR) is 104 cm³/mol. The summed E-state index contributed by atoms with van der Waals surface area (Å²) in [5.41, 5.74) is 2.15. The Bertz CT molecular complexity index is 951. The third kappa shape index (κ3) is 3.79. The van der Waals surface area contributed by atoms with Gasteiger partial charge in [-0.1, -0.05) is 41.9 Å². The normalized spacial score (nSPS) is 13.3. The van der Waals surface area contributed by atoms with Gasteiger partial charge in [0.05, 0.1) is 17.8 Å². The van der Waals surface area contributed by atoms with Crippen molar-refractivity contribution >= 4 is 39.9 Å². The lowest BCUT2D eigenvalue weighted by Gasteiger charge is -2.20. The quantitative estimate of drug-likeness (QED) is 0.584. The van der Waals surface area contributed by atoms with Crippen molar-refractivity contribution < 1.29 is 14.5 Å². The van der Waals surface area contributed by atoms with Crippen molar-refractivity contribution in [2.24, 2.45) is 0 Å². The minimum atomic E-state index is -0.355. The molecule has 1 aromatic heterocycles. The molecular weight excluding hydrogens is 350 g/mol. The Hall–Kier alpha value is -2.63. The molecule has 0 radical (unpaired) electrons. The van der Waals surface area contributed by atoms with Gasteiger partial charge in [-0.25, -0.2) is 0 Å². The van der Waals surface area contributed by atoms with Crippen LogP contribution in [0.2, 0.25) is 5.02 Å². The molecule has 134 valence electrons. The standard InChI is InChI=1S/C20H20ClN3O2/c1-13(20(26)15-11-22-17-9-5-3-7-14(15)17)24(2)12-19(25)23-18-10-6-4-8-16(18)21/h3-11,13,22H,12H2,1-2H3,(H,23,25)/p+1/t13-/m0/s1. The van der Waals surface area contributed by atoms with Crippen LogP contribution in [0.1, 0.15) is 17.3 Å². The molecule has 0 aliphatic heterocycles. The Labute approximate surface area is 157 Å². The molecule has 6 heteroatoms. The van der Waals surface area contributed by atoms with Crippen LogP contribution >= 0.6 is 11.6 Å². The summed E-state index contributed by atoms with van der Waals surface area (Å²) in [6, 6.07) is 14.4. The van der Waals surface area contributed by atoms with Gasteiger partial charge >= 0.3 is 0 Å². The lowest BCUT2D eigenvalue weighted by molar-refractivity contribution is -0.885. The third-order valence-electron chi connectivity index (χ3n) is 4.57. The molecule has 0 fully saturated rings. The van der Waals surface area contributed by atoms with Crippen molar-refractivity contribution in [3.8, 4) is 0 Å². The van der Waals surface area contributed by atoms with Crippen molar-refractivity contribution in [2.75, 3.05) is 18.9 Å². The molecule has 3 rings (SSSR count). The number of Topliss-reactive ketones (excluding diaryl/α,β-unsaturated/α-hetero) is 1. The number of amides is 1. The van der Waals surface area contributed by atoms with E-state index in [9.17, 15) is 9.59 Å². The lowest BCUT2D eigenvalue weighted by Crippen LogP contribution is -3.14. The predicted octanol–water partition coefficient (Wildman–Crippen LogP) is 2.55. The van der Waals surface area contributed by atoms with E-state index in [1.165, 1.54) is 0 Å². The maximum atomic E-state index is 12.9. The Morgan fingerprint density at radius 1 is 1.15 bits per heavy atom. The van der Waals surface area contributed by atoms with E-state index in [4.69, 9.17) is 11.6 Å². The van der Waals surface area contributed by atoms with Crippen molar-refractivity contribution in [1.29, 1.82) is 0 Å². The minimum Gasteiger partial charge on any atom is -0.360 e. The highest BCUT2D eigenvalue weighted by atomic mass is 35.5. The molecular formula is C20H21ClN3O2+. The average molecular weight is 371 g/mol. The molecule has 3 aromatic rings. The molecule has 0 spiro atoms. The number of likely N-dealkylation sites (N-methyl/N-ethyl adjacent to an activating group) is 1. The molecule has 0 saturated heterocycles. The number of halogens is 1. The number of aromatic nitrogens is 1. The van der Waals surface area contributed by atoms with Crippen molar-refractivity contribution in [2.45, 2.75) is 13.0 Å². The summed E-state index contributed by atoms with van der Waals surface area (Å²) < 4.78 is 0. The molecule has 26 heavy (non-hydrogen) atoms. The zero-order valence-electron chi connectivity index (χ0n) is 14.7. The highest BCUT2D eigenvalue weighted by Gasteiger charge is 2.27. The van der Waals surface area contributed by atoms with Gasteiger partial charge in [0.1, 0.15) is 6.04 Å². The molecule has 1 heterocycles. The lowest BCUT2D eigenvalue weighted by atomic mass is 10.0. The number of rotatable bonds is 6. The van der Waals surface area contributed by atoms with Crippen LogP contribution in [0.5, 0.6) is 0 Å². The number of carbonyl (C=O) groups is 2. The van der Waals surface area contributed by atoms with Crippen molar-refractivity contribution in [3.63, 3.8) is 0 Å². The van der Waals surface area contributed by atoms with E-state index in [-0.39, 0.29) is 24.3 Å². The molecule has 0 saturated carbocycles. The smallest absolute Gasteiger partial charge is 0.279 e. The number of carbonyl (C=O) groups excluding carboxylic acids is 2. The van der Waals surface area contributed by atoms with Crippen LogP contribution in [0.15, 0.2) is 54.7 Å². The zero-order valence-corrected chi connectivity index (χ0v) is 15.4. The summed E-state index contributed by atoms with van der Waals surface area (Å²) in [5, 5.41) is 4.18. The van der Waals surface area contributed by atoms with Gasteiger partial charge in [-0.3, -0.25) is 9.59 Å². The van der Waals surface area contributed by atoms with Gasteiger partial charge in [0, 0.05) is 22.7 Å². The summed E-state index contributed by atoms with van der Waals surface area (Å²) in [4.78, 5) is 29.1. The van der Waals surface area contributed by atoms with E-state index in [1.54, 1.807) is 30.5 Å². The fourth-order valence-corrected chi connectivity index (χ4v) is 3.08. The van der Waals surface area contributed by atoms with Gasteiger partial charge in [-0.2, -0.15) is 0 Å². The van der Waals surface area contributed by atoms with Gasteiger partial charge in [-0.05, 0) is 25.1 Å². The zero-order chi connectivity index (χ0) is 18.7. The number of quaternary nitrogens is 1. The number of para-hydroxylation sites is 2. The maximum absolute atomic E-state index is 12.9. The second kappa shape index (κ2) is 7.72. The SMILES string of the molecule is C[C@@H](C(=O)c1c[nH]c2ccccc12)[NH+](C)CC(=O)Nc1ccccc1Cl. The van der Waals surface area contributed by atoms with E-state index >= 15 is 0 Å². The van der Waals surface area contributed by atoms with Crippen LogP contribution in [0.25, 0.3) is 10.9 Å². The molecule has 3 N–H and O–H groups in total. The summed E-state index contributed by atoms with van der Waals surface area (Å²) in [6.07, 6.45) is 1.74. The number of fused-ring (bicyclic) bond motifs is 1. The molecule has 2 atom stereocenters. The minimum absolute atomic E-state index is 0.00509. The maximum Gasteiger partial charge on any atom is 0.279 e. The van der Waals surface area contributed by atoms with Crippen LogP contribution in [0.3, 0.4) is 0 Å². The fourth-order valence-electron chi connectivity index (χ4n) is 2.90. The number of ketones is 1. The number of anilines is 1. The molecule has 1 unspecified atom stereocenters. The van der Waals surface area contributed by atoms with Crippen molar-refractivity contribution in [3.05, 3.63) is 65.3 Å². The highest BCUT2D eigenvalue weighted by Crippen LogP contribution is 2.20. The summed E-state index contributed by atoms with van der Waals surface area (Å²) in [5.74, 6) is -0.181. The first-order valence-corrected chi connectivity index (χ1v) is 8.82. The van der Waals surface area contributed by atoms with Gasteiger partial charge < -0.3 is 15.2 Å². The Kier molecular flexibility index (Phi) is 5.40. The number of aromatic amines is 1. The number of benzene rings is 2. The van der Waals surface area contributed by atoms with Gasteiger partial charge in [0.15, 0.2) is 6.54 Å². The summed E-state index contributed by atoms with van der Waals surface area (Å²) in [7, 11) is 1.84. The Morgan fingerprint density at radius 2 is 1.85 bits per heavy atom. The van der Waals surface area contributed by atoms with Crippen molar-refractivity contribution in [1.82, 2.24) is 4.98 Å². The molecule has 0 aliphatic carbocycles. The molecule has 0 bridgehead atoms. The largest absolute Gasteiger partial charge is 0.360 e. The van der Waals surface area contributed by atoms with E-state index < -0.39 is 0 Å². The molecule has 5 nitrogen and oxygen atoms in total. The number of hydrogen-bond acceptors (Lipinski definition) is 2. The molecule has 2 aromatic carbocycles. The molecule has 0 aliphatic rings. The van der Waals surface area contributed by atoms with Crippen LogP contribution < -0.4 is 10.2 Å². The number of nitrogens with one attached hydrogen (secondary N) is 3. The Morgan fingerprint density at radius 3 is 2.62 bits per heavy atom. The molecule has 1 amide bonds. The van der Waals surface area contributed by atoms with E-state index in [0.717, 1.165) is 15.8 Å². The van der Waals surface area contributed by atoms with E-state index in [2.05, 4.69) is 10.3 Å². The Balaban J connectivity index is 1.67. The highest BCUT2D eigenvalue weighted by molar-refractivity contribution is 6.33. The van der Waals surface area contributed by atoms with Gasteiger partial charge in [0.2, 0.25) is 5.78 Å². The van der Waals surface area contributed by atoms with Crippen LogP contribution in [0, 0.1) is 0 Å². The van der Waals surface area contributed by atoms with Gasteiger partial charge in [0.25, 0.3) is 5.91 Å². The monoisotopic (exact) mass is 370 g/mol. The van der Waals surface area contributed by atoms with Gasteiger partial charge in [-0.15, -0.1) is 0 Å². The third-order valence-corrected chi connectivity index (χ3v) is 4.90. The first-order chi connectivity index (χ1) is 12.5. The first kappa shape index (κ1) is 18.2. The van der Waals surface area contributed by atoms with Crippen LogP contribution in [0.4, 0.5) is 5.69 Å². The van der Waals surface area contributed by atoms with Crippen LogP contribution in [-0.4, -0.2) is 36.3 Å². The van der Waals surface area contributed by atoms with E-state index in [1.807, 2.05) is 38.2 Å².